The molecule has 1 N–H and O–H groups in total. The van der Waals surface area contributed by atoms with Crippen LogP contribution in [0.1, 0.15) is 19.9 Å². The Morgan fingerprint density at radius 3 is 2.85 bits per heavy atom. The van der Waals surface area contributed by atoms with Crippen molar-refractivity contribution in [1.82, 2.24) is 9.55 Å². The number of fused-ring (bicyclic) bond motifs is 1. The Bertz CT molecular complexity index is 431. The molecule has 2 rings (SSSR count). The fourth-order valence-electron chi connectivity index (χ4n) is 1.43. The largest absolute Gasteiger partial charge is 0.508 e. The summed E-state index contributed by atoms with van der Waals surface area (Å²) in [5, 5.41) is 9.23. The van der Waals surface area contributed by atoms with E-state index >= 15 is 0 Å². The first kappa shape index (κ1) is 8.10. The number of rotatable bonds is 1. The molecule has 68 valence electrons. The predicted octanol–water partition coefficient (Wildman–Crippen LogP) is 2.32. The first-order valence-corrected chi connectivity index (χ1v) is 4.34. The number of aromatic hydroxyl groups is 1. The van der Waals surface area contributed by atoms with Gasteiger partial charge in [0.15, 0.2) is 0 Å². The highest BCUT2D eigenvalue weighted by molar-refractivity contribution is 5.76. The summed E-state index contributed by atoms with van der Waals surface area (Å²) in [5.41, 5.74) is 1.90. The summed E-state index contributed by atoms with van der Waals surface area (Å²) >= 11 is 0. The molecule has 0 saturated carbocycles. The monoisotopic (exact) mass is 176 g/mol. The Morgan fingerprint density at radius 2 is 2.15 bits per heavy atom. The van der Waals surface area contributed by atoms with Gasteiger partial charge in [0.05, 0.1) is 17.4 Å². The SMILES string of the molecule is CC(C)n1cnc2cc(O)ccc21. The fraction of sp³-hybridized carbons (Fsp3) is 0.300. The molecule has 0 fully saturated rings. The third kappa shape index (κ3) is 1.26. The van der Waals surface area contributed by atoms with Gasteiger partial charge in [-0.05, 0) is 26.0 Å². The van der Waals surface area contributed by atoms with Crippen LogP contribution in [-0.4, -0.2) is 14.7 Å². The van der Waals surface area contributed by atoms with Crippen LogP contribution in [0.5, 0.6) is 5.75 Å². The normalized spacial score (nSPS) is 11.3. The fourth-order valence-corrected chi connectivity index (χ4v) is 1.43. The molecule has 13 heavy (non-hydrogen) atoms. The van der Waals surface area contributed by atoms with E-state index in [0.29, 0.717) is 6.04 Å². The van der Waals surface area contributed by atoms with E-state index in [9.17, 15) is 5.11 Å². The van der Waals surface area contributed by atoms with Crippen molar-refractivity contribution in [1.29, 1.82) is 0 Å². The molecule has 1 heterocycles. The van der Waals surface area contributed by atoms with Crippen molar-refractivity contribution in [2.75, 3.05) is 0 Å². The molecule has 0 unspecified atom stereocenters. The van der Waals surface area contributed by atoms with E-state index in [1.165, 1.54) is 0 Å². The lowest BCUT2D eigenvalue weighted by atomic mass is 10.3. The highest BCUT2D eigenvalue weighted by Gasteiger charge is 2.04. The van der Waals surface area contributed by atoms with Crippen molar-refractivity contribution in [3.05, 3.63) is 24.5 Å². The summed E-state index contributed by atoms with van der Waals surface area (Å²) in [7, 11) is 0. The average molecular weight is 176 g/mol. The second kappa shape index (κ2) is 2.76. The summed E-state index contributed by atoms with van der Waals surface area (Å²) in [6, 6.07) is 5.64. The van der Waals surface area contributed by atoms with E-state index in [4.69, 9.17) is 0 Å². The maximum absolute atomic E-state index is 9.23. The third-order valence-electron chi connectivity index (χ3n) is 2.11. The number of aromatic nitrogens is 2. The average Bonchev–Trinajstić information content (AvgIpc) is 2.46. The Morgan fingerprint density at radius 1 is 1.38 bits per heavy atom. The molecule has 0 amide bonds. The molecule has 1 aromatic heterocycles. The summed E-state index contributed by atoms with van der Waals surface area (Å²) in [6.07, 6.45) is 1.80. The van der Waals surface area contributed by atoms with Gasteiger partial charge in [0, 0.05) is 12.1 Å². The highest BCUT2D eigenvalue weighted by Crippen LogP contribution is 2.21. The molecule has 0 aliphatic rings. The molecule has 0 spiro atoms. The molecule has 3 heteroatoms. The van der Waals surface area contributed by atoms with Gasteiger partial charge >= 0.3 is 0 Å². The van der Waals surface area contributed by atoms with Crippen molar-refractivity contribution < 1.29 is 5.11 Å². The molecular formula is C10H12N2O. The van der Waals surface area contributed by atoms with E-state index in [1.54, 1.807) is 18.5 Å². The van der Waals surface area contributed by atoms with Crippen molar-refractivity contribution in [3.8, 4) is 5.75 Å². The van der Waals surface area contributed by atoms with Crippen LogP contribution in [0, 0.1) is 0 Å². The minimum absolute atomic E-state index is 0.265. The topological polar surface area (TPSA) is 38.0 Å². The van der Waals surface area contributed by atoms with Crippen LogP contribution in [-0.2, 0) is 0 Å². The van der Waals surface area contributed by atoms with Gasteiger partial charge in [0.2, 0.25) is 0 Å². The minimum Gasteiger partial charge on any atom is -0.508 e. The molecule has 2 aromatic rings. The minimum atomic E-state index is 0.265. The molecule has 3 nitrogen and oxygen atoms in total. The van der Waals surface area contributed by atoms with Gasteiger partial charge in [0.25, 0.3) is 0 Å². The number of phenols is 1. The maximum atomic E-state index is 9.23. The third-order valence-corrected chi connectivity index (χ3v) is 2.11. The highest BCUT2D eigenvalue weighted by atomic mass is 16.3. The van der Waals surface area contributed by atoms with Crippen LogP contribution in [0.25, 0.3) is 11.0 Å². The molecule has 0 aliphatic carbocycles. The van der Waals surface area contributed by atoms with Gasteiger partial charge < -0.3 is 9.67 Å². The zero-order valence-electron chi connectivity index (χ0n) is 7.73. The summed E-state index contributed by atoms with van der Waals surface area (Å²) in [6.45, 7) is 4.21. The summed E-state index contributed by atoms with van der Waals surface area (Å²) in [5.74, 6) is 0.265. The molecule has 1 aromatic carbocycles. The molecule has 0 bridgehead atoms. The summed E-state index contributed by atoms with van der Waals surface area (Å²) < 4.78 is 2.08. The van der Waals surface area contributed by atoms with Gasteiger partial charge in [-0.25, -0.2) is 4.98 Å². The zero-order valence-corrected chi connectivity index (χ0v) is 7.73. The number of phenolic OH excluding ortho intramolecular Hbond substituents is 1. The van der Waals surface area contributed by atoms with E-state index in [2.05, 4.69) is 23.4 Å². The molecule has 0 atom stereocenters. The van der Waals surface area contributed by atoms with Crippen molar-refractivity contribution in [2.45, 2.75) is 19.9 Å². The van der Waals surface area contributed by atoms with E-state index in [1.807, 2.05) is 6.07 Å². The van der Waals surface area contributed by atoms with Crippen LogP contribution >= 0.6 is 0 Å². The van der Waals surface area contributed by atoms with Gasteiger partial charge in [-0.3, -0.25) is 0 Å². The quantitative estimate of drug-likeness (QED) is 0.724. The lowest BCUT2D eigenvalue weighted by Gasteiger charge is -2.07. The Labute approximate surface area is 76.6 Å². The van der Waals surface area contributed by atoms with Crippen LogP contribution in [0.4, 0.5) is 0 Å². The Balaban J connectivity index is 2.69. The number of hydrogen-bond donors (Lipinski definition) is 1. The van der Waals surface area contributed by atoms with Crippen molar-refractivity contribution >= 4 is 11.0 Å². The van der Waals surface area contributed by atoms with Gasteiger partial charge in [0.1, 0.15) is 5.75 Å². The van der Waals surface area contributed by atoms with Crippen LogP contribution < -0.4 is 0 Å². The first-order valence-electron chi connectivity index (χ1n) is 4.34. The lowest BCUT2D eigenvalue weighted by Crippen LogP contribution is -1.97. The van der Waals surface area contributed by atoms with Gasteiger partial charge in [-0.15, -0.1) is 0 Å². The van der Waals surface area contributed by atoms with Gasteiger partial charge in [-0.2, -0.15) is 0 Å². The lowest BCUT2D eigenvalue weighted by molar-refractivity contribution is 0.476. The smallest absolute Gasteiger partial charge is 0.117 e. The number of hydrogen-bond acceptors (Lipinski definition) is 2. The molecule has 0 aliphatic heterocycles. The van der Waals surface area contributed by atoms with Crippen molar-refractivity contribution in [2.24, 2.45) is 0 Å². The molecule has 0 radical (unpaired) electrons. The van der Waals surface area contributed by atoms with E-state index in [-0.39, 0.29) is 5.75 Å². The number of benzene rings is 1. The van der Waals surface area contributed by atoms with E-state index in [0.717, 1.165) is 11.0 Å². The second-order valence-electron chi connectivity index (χ2n) is 3.42. The van der Waals surface area contributed by atoms with Crippen LogP contribution in [0.2, 0.25) is 0 Å². The van der Waals surface area contributed by atoms with E-state index < -0.39 is 0 Å². The summed E-state index contributed by atoms with van der Waals surface area (Å²) in [4.78, 5) is 4.20. The molecular weight excluding hydrogens is 164 g/mol. The second-order valence-corrected chi connectivity index (χ2v) is 3.42. The Hall–Kier alpha value is -1.51. The zero-order chi connectivity index (χ0) is 9.42. The van der Waals surface area contributed by atoms with Crippen LogP contribution in [0.3, 0.4) is 0 Å². The Kier molecular flexibility index (Phi) is 1.72. The number of imidazole rings is 1. The maximum Gasteiger partial charge on any atom is 0.117 e. The standard InChI is InChI=1S/C10H12N2O/c1-7(2)12-6-11-9-5-8(13)3-4-10(9)12/h3-7,13H,1-2H3. The molecule has 0 saturated heterocycles. The number of nitrogens with zero attached hydrogens (tertiary/aromatic N) is 2. The van der Waals surface area contributed by atoms with Crippen LogP contribution in [0.15, 0.2) is 24.5 Å². The predicted molar refractivity (Wildman–Crippen MR) is 51.8 cm³/mol. The van der Waals surface area contributed by atoms with Gasteiger partial charge in [-0.1, -0.05) is 0 Å². The first-order chi connectivity index (χ1) is 6.18. The van der Waals surface area contributed by atoms with Crippen molar-refractivity contribution in [3.63, 3.8) is 0 Å².